The van der Waals surface area contributed by atoms with Crippen molar-refractivity contribution in [1.82, 2.24) is 29.7 Å². The van der Waals surface area contributed by atoms with E-state index in [1.807, 2.05) is 42.6 Å². The fraction of sp³-hybridized carbons (Fsp3) is 0.441. The minimum Gasteiger partial charge on any atom is -0.494 e. The van der Waals surface area contributed by atoms with Crippen molar-refractivity contribution in [2.24, 2.45) is 0 Å². The molecule has 1 amide bonds. The van der Waals surface area contributed by atoms with Crippen LogP contribution in [0, 0.1) is 0 Å². The van der Waals surface area contributed by atoms with Crippen LogP contribution in [0.3, 0.4) is 0 Å². The highest BCUT2D eigenvalue weighted by molar-refractivity contribution is 5.96. The molecule has 3 aliphatic heterocycles. The number of aromatic nitrogens is 3. The number of amides is 1. The number of piperidine rings is 1. The molecule has 0 atom stereocenters. The Morgan fingerprint density at radius 1 is 0.933 bits per heavy atom. The number of rotatable bonds is 7. The summed E-state index contributed by atoms with van der Waals surface area (Å²) in [6.45, 7) is 6.99. The van der Waals surface area contributed by atoms with Crippen molar-refractivity contribution in [1.29, 1.82) is 0 Å². The second-order valence-electron chi connectivity index (χ2n) is 12.4. The Hall–Kier alpha value is -4.19. The molecule has 0 spiro atoms. The van der Waals surface area contributed by atoms with E-state index in [1.54, 1.807) is 25.3 Å². The Morgan fingerprint density at radius 2 is 1.60 bits per heavy atom. The Bertz CT molecular complexity index is 1640. The van der Waals surface area contributed by atoms with Crippen molar-refractivity contribution in [2.45, 2.75) is 25.0 Å². The summed E-state index contributed by atoms with van der Waals surface area (Å²) in [6.07, 6.45) is 5.71. The molecule has 0 radical (unpaired) electrons. The standard InChI is InChI=1S/C34H41N7O4/c1-38-10-8-25(9-11-38)39-12-14-40(15-13-39)32-29(44-2)16-24(17-30(32)45-3)28-19-36-33-31(37-28)27(18-35-33)22-4-6-23(7-5-22)34(43)41-20-26(42)21-41/h4-7,16-19,25-26,42H,8-15,20-21H2,1-3H3,(H,35,36). The van der Waals surface area contributed by atoms with Crippen molar-refractivity contribution in [3.63, 3.8) is 0 Å². The van der Waals surface area contributed by atoms with E-state index in [-0.39, 0.29) is 5.91 Å². The summed E-state index contributed by atoms with van der Waals surface area (Å²) in [5.41, 5.74) is 6.39. The molecule has 0 bridgehead atoms. The summed E-state index contributed by atoms with van der Waals surface area (Å²) in [5, 5.41) is 9.55. The van der Waals surface area contributed by atoms with Crippen LogP contribution in [0.4, 0.5) is 5.69 Å². The third-order valence-corrected chi connectivity index (χ3v) is 9.58. The van der Waals surface area contributed by atoms with E-state index in [0.717, 1.165) is 65.6 Å². The largest absolute Gasteiger partial charge is 0.494 e. The number of β-amino-alcohol motifs (C(OH)–C–C–N with tert-alkyl or cyclic N) is 1. The molecule has 0 unspecified atom stereocenters. The number of fused-ring (bicyclic) bond motifs is 1. The van der Waals surface area contributed by atoms with E-state index in [0.29, 0.717) is 36.0 Å². The van der Waals surface area contributed by atoms with Gasteiger partial charge < -0.3 is 34.3 Å². The van der Waals surface area contributed by atoms with Crippen molar-refractivity contribution in [3.05, 3.63) is 54.4 Å². The number of hydrogen-bond donors (Lipinski definition) is 2. The first-order valence-electron chi connectivity index (χ1n) is 15.8. The number of likely N-dealkylation sites (tertiary alicyclic amines) is 2. The van der Waals surface area contributed by atoms with Crippen LogP contribution in [0.15, 0.2) is 48.8 Å². The smallest absolute Gasteiger partial charge is 0.254 e. The number of ether oxygens (including phenoxy) is 2. The average Bonchev–Trinajstić information content (AvgIpc) is 3.50. The summed E-state index contributed by atoms with van der Waals surface area (Å²) in [6, 6.07) is 12.2. The van der Waals surface area contributed by atoms with Gasteiger partial charge in [0, 0.05) is 68.2 Å². The second-order valence-corrected chi connectivity index (χ2v) is 12.4. The highest BCUT2D eigenvalue weighted by Crippen LogP contribution is 2.42. The van der Waals surface area contributed by atoms with Gasteiger partial charge in [0.2, 0.25) is 0 Å². The number of aliphatic hydroxyl groups is 1. The van der Waals surface area contributed by atoms with Gasteiger partial charge in [-0.05, 0) is 62.8 Å². The van der Waals surface area contributed by atoms with Crippen LogP contribution in [0.25, 0.3) is 33.5 Å². The third-order valence-electron chi connectivity index (χ3n) is 9.58. The second kappa shape index (κ2) is 12.3. The first kappa shape index (κ1) is 29.5. The van der Waals surface area contributed by atoms with Gasteiger partial charge in [-0.1, -0.05) is 12.1 Å². The molecule has 3 fully saturated rings. The molecule has 3 saturated heterocycles. The molecule has 7 rings (SSSR count). The van der Waals surface area contributed by atoms with Gasteiger partial charge in [0.1, 0.15) is 22.7 Å². The zero-order valence-corrected chi connectivity index (χ0v) is 26.2. The van der Waals surface area contributed by atoms with Crippen LogP contribution in [-0.4, -0.2) is 126 Å². The Morgan fingerprint density at radius 3 is 2.22 bits per heavy atom. The van der Waals surface area contributed by atoms with Crippen LogP contribution in [0.2, 0.25) is 0 Å². The van der Waals surface area contributed by atoms with Crippen LogP contribution in [0.5, 0.6) is 11.5 Å². The van der Waals surface area contributed by atoms with Crippen molar-refractivity contribution in [3.8, 4) is 33.9 Å². The number of piperazine rings is 1. The quantitative estimate of drug-likeness (QED) is 0.325. The molecule has 4 aromatic rings. The predicted octanol–water partition coefficient (Wildman–Crippen LogP) is 3.34. The van der Waals surface area contributed by atoms with Gasteiger partial charge in [-0.15, -0.1) is 0 Å². The molecule has 2 aromatic carbocycles. The number of anilines is 1. The minimum atomic E-state index is -0.423. The number of nitrogens with one attached hydrogen (secondary N) is 1. The van der Waals surface area contributed by atoms with E-state index in [1.165, 1.54) is 25.9 Å². The van der Waals surface area contributed by atoms with Gasteiger partial charge in [-0.25, -0.2) is 9.97 Å². The number of H-pyrrole nitrogens is 1. The lowest BCUT2D eigenvalue weighted by molar-refractivity contribution is 0.00590. The molecule has 0 aliphatic carbocycles. The molecule has 11 heteroatoms. The van der Waals surface area contributed by atoms with Gasteiger partial charge in [0.15, 0.2) is 5.65 Å². The Balaban J connectivity index is 1.13. The summed E-state index contributed by atoms with van der Waals surface area (Å²) in [7, 11) is 5.62. The fourth-order valence-corrected chi connectivity index (χ4v) is 6.87. The van der Waals surface area contributed by atoms with Crippen molar-refractivity contribution in [2.75, 3.05) is 78.5 Å². The molecular weight excluding hydrogens is 570 g/mol. The number of benzene rings is 2. The van der Waals surface area contributed by atoms with E-state index in [4.69, 9.17) is 14.5 Å². The van der Waals surface area contributed by atoms with Crippen molar-refractivity contribution >= 4 is 22.8 Å². The zero-order chi connectivity index (χ0) is 31.1. The number of hydrogen-bond acceptors (Lipinski definition) is 9. The SMILES string of the molecule is COc1cc(-c2cnc3[nH]cc(-c4ccc(C(=O)N5CC(O)C5)cc4)c3n2)cc(OC)c1N1CCN(C2CCN(C)CC2)CC1. The topological polar surface area (TPSA) is 110 Å². The number of methoxy groups -OCH3 is 2. The fourth-order valence-electron chi connectivity index (χ4n) is 6.87. The number of nitrogens with zero attached hydrogens (tertiary/aromatic N) is 6. The number of aliphatic hydroxyl groups excluding tert-OH is 1. The zero-order valence-electron chi connectivity index (χ0n) is 26.2. The molecule has 236 valence electrons. The summed E-state index contributed by atoms with van der Waals surface area (Å²) < 4.78 is 11.9. The van der Waals surface area contributed by atoms with Crippen LogP contribution >= 0.6 is 0 Å². The highest BCUT2D eigenvalue weighted by Gasteiger charge is 2.30. The predicted molar refractivity (Wildman–Crippen MR) is 174 cm³/mol. The molecule has 2 aromatic heterocycles. The third kappa shape index (κ3) is 5.71. The van der Waals surface area contributed by atoms with Crippen LogP contribution in [-0.2, 0) is 0 Å². The molecule has 45 heavy (non-hydrogen) atoms. The molecule has 3 aliphatic rings. The molecule has 2 N–H and O–H groups in total. The number of aromatic amines is 1. The van der Waals surface area contributed by atoms with Gasteiger partial charge in [-0.3, -0.25) is 9.69 Å². The van der Waals surface area contributed by atoms with E-state index < -0.39 is 6.10 Å². The maximum atomic E-state index is 12.7. The maximum absolute atomic E-state index is 12.7. The lowest BCUT2D eigenvalue weighted by atomic mass is 10.0. The Labute approximate surface area is 263 Å². The minimum absolute atomic E-state index is 0.0710. The van der Waals surface area contributed by atoms with E-state index in [2.05, 4.69) is 31.7 Å². The Kier molecular flexibility index (Phi) is 8.07. The lowest BCUT2D eigenvalue weighted by Crippen LogP contribution is -2.53. The molecule has 5 heterocycles. The lowest BCUT2D eigenvalue weighted by Gasteiger charge is -2.43. The average molecular weight is 612 g/mol. The number of carbonyl (C=O) groups is 1. The number of carbonyl (C=O) groups excluding carboxylic acids is 1. The van der Waals surface area contributed by atoms with E-state index >= 15 is 0 Å². The molecule has 11 nitrogen and oxygen atoms in total. The maximum Gasteiger partial charge on any atom is 0.254 e. The summed E-state index contributed by atoms with van der Waals surface area (Å²) in [5.74, 6) is 1.44. The molecular formula is C34H41N7O4. The monoisotopic (exact) mass is 611 g/mol. The van der Waals surface area contributed by atoms with Gasteiger partial charge in [-0.2, -0.15) is 0 Å². The van der Waals surface area contributed by atoms with Gasteiger partial charge in [0.25, 0.3) is 5.91 Å². The first-order chi connectivity index (χ1) is 21.9. The highest BCUT2D eigenvalue weighted by atomic mass is 16.5. The van der Waals surface area contributed by atoms with Crippen molar-refractivity contribution < 1.29 is 19.4 Å². The summed E-state index contributed by atoms with van der Waals surface area (Å²) in [4.78, 5) is 34.7. The normalized spacial score (nSPS) is 18.8. The van der Waals surface area contributed by atoms with E-state index in [9.17, 15) is 9.90 Å². The summed E-state index contributed by atoms with van der Waals surface area (Å²) >= 11 is 0. The van der Waals surface area contributed by atoms with Crippen LogP contribution in [0.1, 0.15) is 23.2 Å². The molecule has 0 saturated carbocycles. The first-order valence-corrected chi connectivity index (χ1v) is 15.8. The van der Waals surface area contributed by atoms with Gasteiger partial charge >= 0.3 is 0 Å². The van der Waals surface area contributed by atoms with Gasteiger partial charge in [0.05, 0.1) is 32.2 Å². The van der Waals surface area contributed by atoms with Crippen LogP contribution < -0.4 is 14.4 Å².